The third-order valence-electron chi connectivity index (χ3n) is 2.25. The molecule has 1 aromatic carbocycles. The Balaban J connectivity index is 3.01. The summed E-state index contributed by atoms with van der Waals surface area (Å²) in [5.41, 5.74) is 5.95. The Labute approximate surface area is 126 Å². The molecule has 0 aliphatic rings. The Morgan fingerprint density at radius 3 is 2.74 bits per heavy atom. The standard InChI is InChI=1S/C11H16BrClN2O3S/c1-3-18-6-7(2)15-19(16,17)10-5-8(13)4-9(14)11(10)12/h4-5,7,15H,3,6,14H2,1-2H3. The first-order valence-electron chi connectivity index (χ1n) is 5.62. The summed E-state index contributed by atoms with van der Waals surface area (Å²) in [5.74, 6) is 0. The summed E-state index contributed by atoms with van der Waals surface area (Å²) in [4.78, 5) is 0.0147. The van der Waals surface area contributed by atoms with Crippen LogP contribution in [0.15, 0.2) is 21.5 Å². The van der Waals surface area contributed by atoms with Crippen molar-refractivity contribution < 1.29 is 13.2 Å². The van der Waals surface area contributed by atoms with Crippen LogP contribution >= 0.6 is 27.5 Å². The maximum Gasteiger partial charge on any atom is 0.242 e. The molecule has 0 saturated carbocycles. The number of rotatable bonds is 6. The fourth-order valence-electron chi connectivity index (χ4n) is 1.44. The molecule has 19 heavy (non-hydrogen) atoms. The number of hydrogen-bond acceptors (Lipinski definition) is 4. The maximum atomic E-state index is 12.2. The van der Waals surface area contributed by atoms with Gasteiger partial charge in [-0.05, 0) is 41.9 Å². The van der Waals surface area contributed by atoms with Crippen LogP contribution in [0.5, 0.6) is 0 Å². The average Bonchev–Trinajstić information content (AvgIpc) is 2.30. The Morgan fingerprint density at radius 2 is 2.16 bits per heavy atom. The third-order valence-corrected chi connectivity index (χ3v) is 5.23. The van der Waals surface area contributed by atoms with Crippen molar-refractivity contribution in [3.05, 3.63) is 21.6 Å². The summed E-state index contributed by atoms with van der Waals surface area (Å²) < 4.78 is 32.4. The van der Waals surface area contributed by atoms with Gasteiger partial charge in [-0.25, -0.2) is 13.1 Å². The lowest BCUT2D eigenvalue weighted by molar-refractivity contribution is 0.133. The van der Waals surface area contributed by atoms with Crippen LogP contribution in [0.2, 0.25) is 5.02 Å². The average molecular weight is 372 g/mol. The highest BCUT2D eigenvalue weighted by Gasteiger charge is 2.22. The van der Waals surface area contributed by atoms with Crippen molar-refractivity contribution in [1.82, 2.24) is 4.72 Å². The van der Waals surface area contributed by atoms with Crippen molar-refractivity contribution in [2.24, 2.45) is 0 Å². The number of nitrogens with two attached hydrogens (primary N) is 1. The minimum Gasteiger partial charge on any atom is -0.398 e. The van der Waals surface area contributed by atoms with E-state index in [0.29, 0.717) is 17.7 Å². The van der Waals surface area contributed by atoms with E-state index in [1.54, 1.807) is 6.92 Å². The molecule has 1 atom stereocenters. The number of benzene rings is 1. The monoisotopic (exact) mass is 370 g/mol. The number of ether oxygens (including phenoxy) is 1. The van der Waals surface area contributed by atoms with Crippen LogP contribution in [0.25, 0.3) is 0 Å². The van der Waals surface area contributed by atoms with Gasteiger partial charge in [0.15, 0.2) is 0 Å². The van der Waals surface area contributed by atoms with Crippen LogP contribution in [0, 0.1) is 0 Å². The molecule has 0 aliphatic carbocycles. The van der Waals surface area contributed by atoms with Crippen LogP contribution < -0.4 is 10.5 Å². The molecule has 1 aromatic rings. The van der Waals surface area contributed by atoms with Gasteiger partial charge in [-0.1, -0.05) is 11.6 Å². The largest absolute Gasteiger partial charge is 0.398 e. The van der Waals surface area contributed by atoms with Gasteiger partial charge >= 0.3 is 0 Å². The van der Waals surface area contributed by atoms with Crippen molar-refractivity contribution in [2.45, 2.75) is 24.8 Å². The van der Waals surface area contributed by atoms with Gasteiger partial charge in [0, 0.05) is 23.4 Å². The van der Waals surface area contributed by atoms with E-state index in [0.717, 1.165) is 0 Å². The molecular weight excluding hydrogens is 356 g/mol. The predicted octanol–water partition coefficient (Wildman–Crippen LogP) is 2.39. The van der Waals surface area contributed by atoms with Crippen molar-refractivity contribution in [3.63, 3.8) is 0 Å². The summed E-state index contributed by atoms with van der Waals surface area (Å²) in [6.45, 7) is 4.38. The lowest BCUT2D eigenvalue weighted by Gasteiger charge is -2.15. The zero-order valence-electron chi connectivity index (χ0n) is 10.6. The van der Waals surface area contributed by atoms with Crippen molar-refractivity contribution in [3.8, 4) is 0 Å². The zero-order valence-corrected chi connectivity index (χ0v) is 13.8. The molecule has 1 unspecified atom stereocenters. The van der Waals surface area contributed by atoms with E-state index >= 15 is 0 Å². The highest BCUT2D eigenvalue weighted by molar-refractivity contribution is 9.10. The van der Waals surface area contributed by atoms with E-state index in [4.69, 9.17) is 22.1 Å². The van der Waals surface area contributed by atoms with Crippen LogP contribution in [0.1, 0.15) is 13.8 Å². The maximum absolute atomic E-state index is 12.2. The first kappa shape index (κ1) is 16.7. The second-order valence-electron chi connectivity index (χ2n) is 3.99. The lowest BCUT2D eigenvalue weighted by atomic mass is 10.3. The fourth-order valence-corrected chi connectivity index (χ4v) is 3.96. The van der Waals surface area contributed by atoms with E-state index in [-0.39, 0.29) is 21.6 Å². The summed E-state index contributed by atoms with van der Waals surface area (Å²) in [6, 6.07) is 2.48. The third kappa shape index (κ3) is 4.61. The minimum atomic E-state index is -3.71. The highest BCUT2D eigenvalue weighted by Crippen LogP contribution is 2.31. The number of nitrogen functional groups attached to an aromatic ring is 1. The molecule has 0 saturated heterocycles. The van der Waals surface area contributed by atoms with Crippen LogP contribution in [-0.4, -0.2) is 27.7 Å². The van der Waals surface area contributed by atoms with Gasteiger partial charge in [0.1, 0.15) is 0 Å². The van der Waals surface area contributed by atoms with Crippen molar-refractivity contribution in [1.29, 1.82) is 0 Å². The van der Waals surface area contributed by atoms with E-state index in [1.807, 2.05) is 6.92 Å². The smallest absolute Gasteiger partial charge is 0.242 e. The molecule has 3 N–H and O–H groups in total. The topological polar surface area (TPSA) is 81.4 Å². The summed E-state index contributed by atoms with van der Waals surface area (Å²) in [7, 11) is -3.71. The van der Waals surface area contributed by atoms with E-state index in [1.165, 1.54) is 12.1 Å². The van der Waals surface area contributed by atoms with Gasteiger partial charge < -0.3 is 10.5 Å². The number of hydrogen-bond donors (Lipinski definition) is 2. The molecule has 0 radical (unpaired) electrons. The minimum absolute atomic E-state index is 0.0147. The number of anilines is 1. The fraction of sp³-hybridized carbons (Fsp3) is 0.455. The van der Waals surface area contributed by atoms with Crippen LogP contribution in [-0.2, 0) is 14.8 Å². The highest BCUT2D eigenvalue weighted by atomic mass is 79.9. The van der Waals surface area contributed by atoms with E-state index in [2.05, 4.69) is 20.7 Å². The first-order chi connectivity index (χ1) is 8.77. The number of sulfonamides is 1. The second kappa shape index (κ2) is 6.90. The molecule has 0 heterocycles. The molecule has 0 aromatic heterocycles. The molecule has 8 heteroatoms. The van der Waals surface area contributed by atoms with Crippen LogP contribution in [0.3, 0.4) is 0 Å². The van der Waals surface area contributed by atoms with Gasteiger partial charge in [0.25, 0.3) is 0 Å². The Morgan fingerprint density at radius 1 is 1.53 bits per heavy atom. The van der Waals surface area contributed by atoms with Crippen LogP contribution in [0.4, 0.5) is 5.69 Å². The molecule has 5 nitrogen and oxygen atoms in total. The quantitative estimate of drug-likeness (QED) is 0.752. The molecule has 0 aliphatic heterocycles. The SMILES string of the molecule is CCOCC(C)NS(=O)(=O)c1cc(Cl)cc(N)c1Br. The molecule has 0 fully saturated rings. The second-order valence-corrected chi connectivity index (χ2v) is 6.90. The summed E-state index contributed by atoms with van der Waals surface area (Å²) in [5, 5.41) is 0.263. The van der Waals surface area contributed by atoms with Crippen molar-refractivity contribution in [2.75, 3.05) is 18.9 Å². The Bertz CT molecular complexity index is 551. The Hall–Kier alpha value is -0.340. The van der Waals surface area contributed by atoms with E-state index in [9.17, 15) is 8.42 Å². The van der Waals surface area contributed by atoms with Gasteiger partial charge in [-0.15, -0.1) is 0 Å². The zero-order chi connectivity index (χ0) is 14.6. The molecule has 0 amide bonds. The molecule has 0 bridgehead atoms. The molecule has 108 valence electrons. The summed E-state index contributed by atoms with van der Waals surface area (Å²) >= 11 is 8.99. The molecular formula is C11H16BrClN2O3S. The lowest BCUT2D eigenvalue weighted by Crippen LogP contribution is -2.36. The first-order valence-corrected chi connectivity index (χ1v) is 8.28. The van der Waals surface area contributed by atoms with Gasteiger partial charge in [0.2, 0.25) is 10.0 Å². The van der Waals surface area contributed by atoms with Crippen molar-refractivity contribution >= 4 is 43.2 Å². The van der Waals surface area contributed by atoms with E-state index < -0.39 is 10.0 Å². The molecule has 0 spiro atoms. The predicted molar refractivity (Wildman–Crippen MR) is 79.8 cm³/mol. The number of halogens is 2. The molecule has 1 rings (SSSR count). The van der Waals surface area contributed by atoms with Gasteiger partial charge in [0.05, 0.1) is 16.0 Å². The number of nitrogens with one attached hydrogen (secondary N) is 1. The summed E-state index contributed by atoms with van der Waals surface area (Å²) in [6.07, 6.45) is 0. The van der Waals surface area contributed by atoms with Gasteiger partial charge in [-0.2, -0.15) is 0 Å². The Kier molecular flexibility index (Phi) is 6.07. The normalized spacial score (nSPS) is 13.5. The van der Waals surface area contributed by atoms with Gasteiger partial charge in [-0.3, -0.25) is 0 Å².